The Hall–Kier alpha value is -3.49. The minimum atomic E-state index is -0.279. The molecule has 0 N–H and O–H groups in total. The first-order valence-corrected chi connectivity index (χ1v) is 14.7. The van der Waals surface area contributed by atoms with Crippen molar-refractivity contribution in [3.8, 4) is 11.1 Å². The maximum absolute atomic E-state index is 11.7. The van der Waals surface area contributed by atoms with Crippen molar-refractivity contribution in [2.75, 3.05) is 6.61 Å². The van der Waals surface area contributed by atoms with Crippen molar-refractivity contribution in [1.82, 2.24) is 0 Å². The SMILES string of the molecule is C=CC1=CC(c2ccc3c(c2)C(CCC)(CCC)c2cc([N+](=O)[O-])ccc2-3)=C=CC1=[O+]CC(CC)CCCC. The number of unbranched alkanes of at least 4 members (excludes halogenated alkanes) is 1. The number of non-ortho nitro benzene ring substituents is 1. The molecule has 2 aromatic rings. The van der Waals surface area contributed by atoms with Gasteiger partial charge in [-0.25, -0.2) is 0 Å². The van der Waals surface area contributed by atoms with Gasteiger partial charge in [0.2, 0.25) is 0 Å². The number of hydrogen-bond acceptors (Lipinski definition) is 2. The van der Waals surface area contributed by atoms with Crippen molar-refractivity contribution < 1.29 is 9.35 Å². The van der Waals surface area contributed by atoms with Crippen molar-refractivity contribution in [3.63, 3.8) is 0 Å². The number of allylic oxidation sites excluding steroid dienone is 4. The number of nitro groups is 1. The predicted molar refractivity (Wildman–Crippen MR) is 162 cm³/mol. The molecule has 0 radical (unpaired) electrons. The molecule has 204 valence electrons. The Kier molecular flexibility index (Phi) is 9.20. The predicted octanol–water partition coefficient (Wildman–Crippen LogP) is 9.45. The number of rotatable bonds is 13. The molecule has 0 bridgehead atoms. The molecular weight excluding hydrogens is 482 g/mol. The molecule has 4 heteroatoms. The molecule has 0 spiro atoms. The fourth-order valence-electron chi connectivity index (χ4n) is 6.33. The highest BCUT2D eigenvalue weighted by molar-refractivity contribution is 6.10. The van der Waals surface area contributed by atoms with E-state index in [-0.39, 0.29) is 16.0 Å². The lowest BCUT2D eigenvalue weighted by Crippen LogP contribution is -2.25. The van der Waals surface area contributed by atoms with Gasteiger partial charge < -0.3 is 0 Å². The van der Waals surface area contributed by atoms with Gasteiger partial charge in [-0.3, -0.25) is 14.5 Å². The van der Waals surface area contributed by atoms with Gasteiger partial charge in [-0.05, 0) is 71.7 Å². The van der Waals surface area contributed by atoms with Gasteiger partial charge in [-0.15, -0.1) is 5.73 Å². The van der Waals surface area contributed by atoms with E-state index in [0.717, 1.165) is 65.7 Å². The van der Waals surface area contributed by atoms with Crippen LogP contribution >= 0.6 is 0 Å². The molecule has 0 saturated heterocycles. The summed E-state index contributed by atoms with van der Waals surface area (Å²) in [5.41, 5.74) is 11.2. The van der Waals surface area contributed by atoms with Crippen LogP contribution in [0.15, 0.2) is 72.5 Å². The van der Waals surface area contributed by atoms with E-state index < -0.39 is 0 Å². The zero-order chi connectivity index (χ0) is 28.0. The van der Waals surface area contributed by atoms with E-state index in [4.69, 9.17) is 4.42 Å². The molecule has 4 rings (SSSR count). The van der Waals surface area contributed by atoms with Gasteiger partial charge in [-0.1, -0.05) is 78.2 Å². The number of nitrogens with zero attached hydrogens (tertiary/aromatic N) is 1. The van der Waals surface area contributed by atoms with Gasteiger partial charge in [0.05, 0.1) is 16.6 Å². The summed E-state index contributed by atoms with van der Waals surface area (Å²) in [6.45, 7) is 13.6. The lowest BCUT2D eigenvalue weighted by molar-refractivity contribution is -0.465. The average molecular weight is 525 g/mol. The number of carbonyl (C=O) groups excluding carboxylic acids is 1. The molecule has 2 aliphatic rings. The van der Waals surface area contributed by atoms with E-state index in [1.165, 1.54) is 30.4 Å². The molecule has 0 heterocycles. The van der Waals surface area contributed by atoms with Crippen molar-refractivity contribution in [1.29, 1.82) is 0 Å². The summed E-state index contributed by atoms with van der Waals surface area (Å²) in [5, 5.41) is 11.7. The second-order valence-corrected chi connectivity index (χ2v) is 10.9. The first-order chi connectivity index (χ1) is 18.9. The molecular formula is C35H42NO3+. The molecule has 0 saturated carbocycles. The first kappa shape index (κ1) is 28.5. The average Bonchev–Trinajstić information content (AvgIpc) is 3.21. The number of nitro benzene ring substituents is 1. The highest BCUT2D eigenvalue weighted by atomic mass is 16.6. The van der Waals surface area contributed by atoms with Crippen molar-refractivity contribution >= 4 is 17.0 Å². The summed E-state index contributed by atoms with van der Waals surface area (Å²) in [6.07, 6.45) is 14.6. The molecule has 0 aliphatic heterocycles. The Balaban J connectivity index is 1.76. The van der Waals surface area contributed by atoms with Crippen LogP contribution in [0, 0.1) is 16.0 Å². The van der Waals surface area contributed by atoms with Crippen molar-refractivity contribution in [3.05, 3.63) is 99.3 Å². The Morgan fingerprint density at radius 1 is 1.03 bits per heavy atom. The topological polar surface area (TPSA) is 54.4 Å². The quantitative estimate of drug-likeness (QED) is 0.113. The van der Waals surface area contributed by atoms with Gasteiger partial charge in [0.25, 0.3) is 12.3 Å². The number of benzene rings is 2. The Labute approximate surface area is 233 Å². The maximum Gasteiger partial charge on any atom is 0.358 e. The third-order valence-corrected chi connectivity index (χ3v) is 8.40. The Morgan fingerprint density at radius 3 is 2.33 bits per heavy atom. The van der Waals surface area contributed by atoms with Gasteiger partial charge in [0.1, 0.15) is 0 Å². The summed E-state index contributed by atoms with van der Waals surface area (Å²) in [7, 11) is 0. The highest BCUT2D eigenvalue weighted by Crippen LogP contribution is 2.55. The minimum Gasteiger partial charge on any atom is -0.258 e. The number of fused-ring (bicyclic) bond motifs is 3. The van der Waals surface area contributed by atoms with Crippen LogP contribution in [-0.2, 0) is 9.84 Å². The summed E-state index contributed by atoms with van der Waals surface area (Å²) >= 11 is 0. The smallest absolute Gasteiger partial charge is 0.258 e. The largest absolute Gasteiger partial charge is 0.358 e. The third kappa shape index (κ3) is 5.63. The van der Waals surface area contributed by atoms with Gasteiger partial charge in [0.15, 0.2) is 0 Å². The van der Waals surface area contributed by atoms with Crippen LogP contribution in [0.5, 0.6) is 0 Å². The molecule has 2 aliphatic carbocycles. The third-order valence-electron chi connectivity index (χ3n) is 8.40. The second-order valence-electron chi connectivity index (χ2n) is 10.9. The van der Waals surface area contributed by atoms with E-state index in [1.54, 1.807) is 6.07 Å². The normalized spacial score (nSPS) is 16.9. The maximum atomic E-state index is 11.7. The van der Waals surface area contributed by atoms with Crippen LogP contribution in [0.1, 0.15) is 95.8 Å². The van der Waals surface area contributed by atoms with Gasteiger partial charge >= 0.3 is 5.78 Å². The monoisotopic (exact) mass is 524 g/mol. The summed E-state index contributed by atoms with van der Waals surface area (Å²) < 4.78 is 6.26. The van der Waals surface area contributed by atoms with Crippen LogP contribution in [-0.4, -0.2) is 17.3 Å². The minimum absolute atomic E-state index is 0.165. The van der Waals surface area contributed by atoms with Crippen LogP contribution in [0.4, 0.5) is 5.69 Å². The first-order valence-electron chi connectivity index (χ1n) is 14.7. The van der Waals surface area contributed by atoms with Gasteiger partial charge in [-0.2, -0.15) is 0 Å². The zero-order valence-corrected chi connectivity index (χ0v) is 24.0. The van der Waals surface area contributed by atoms with Crippen LogP contribution < -0.4 is 0 Å². The Bertz CT molecular complexity index is 1360. The van der Waals surface area contributed by atoms with E-state index >= 15 is 0 Å². The lowest BCUT2D eigenvalue weighted by atomic mass is 9.71. The standard InChI is InChI=1S/C35H42NO3/c1-6-11-12-25(9-4)24-39-34-18-14-27(21-26(34)10-5)28-13-16-30-31-17-15-29(36(37)38)23-33(31)35(19-7-2,20-8-3)32(30)22-28/h10,13,15-18,21-23,25H,5-9,11-12,19-20,24H2,1-4H3/q+1. The summed E-state index contributed by atoms with van der Waals surface area (Å²) in [5.74, 6) is 1.39. The molecule has 4 nitrogen and oxygen atoms in total. The molecule has 0 amide bonds. The molecule has 1 atom stereocenters. The molecule has 2 aromatic carbocycles. The fourth-order valence-corrected chi connectivity index (χ4v) is 6.33. The Morgan fingerprint density at radius 2 is 1.72 bits per heavy atom. The van der Waals surface area contributed by atoms with E-state index in [0.29, 0.717) is 12.5 Å². The van der Waals surface area contributed by atoms with E-state index in [9.17, 15) is 10.1 Å². The zero-order valence-electron chi connectivity index (χ0n) is 24.0. The highest BCUT2D eigenvalue weighted by Gasteiger charge is 2.43. The van der Waals surface area contributed by atoms with E-state index in [1.807, 2.05) is 24.3 Å². The van der Waals surface area contributed by atoms with E-state index in [2.05, 4.69) is 64.3 Å². The number of ketones is 1. The summed E-state index contributed by atoms with van der Waals surface area (Å²) in [6, 6.07) is 12.0. The second kappa shape index (κ2) is 12.6. The van der Waals surface area contributed by atoms with Crippen molar-refractivity contribution in [2.45, 2.75) is 84.5 Å². The lowest BCUT2D eigenvalue weighted by Gasteiger charge is -2.32. The number of hydrogen-bond donors (Lipinski definition) is 0. The van der Waals surface area contributed by atoms with Gasteiger partial charge in [0, 0.05) is 29.0 Å². The fraction of sp³-hybridized carbons (Fsp3) is 0.429. The van der Waals surface area contributed by atoms with Crippen LogP contribution in [0.2, 0.25) is 0 Å². The van der Waals surface area contributed by atoms with Crippen LogP contribution in [0.25, 0.3) is 16.7 Å². The molecule has 39 heavy (non-hydrogen) atoms. The molecule has 0 fully saturated rings. The molecule has 1 unspecified atom stereocenters. The van der Waals surface area contributed by atoms with Crippen molar-refractivity contribution in [2.24, 2.45) is 5.92 Å². The van der Waals surface area contributed by atoms with Crippen LogP contribution in [0.3, 0.4) is 0 Å². The summed E-state index contributed by atoms with van der Waals surface area (Å²) in [4.78, 5) is 11.4. The molecule has 0 aromatic heterocycles.